The fourth-order valence-corrected chi connectivity index (χ4v) is 5.80. The number of hydrogen-bond acceptors (Lipinski definition) is 5. The summed E-state index contributed by atoms with van der Waals surface area (Å²) in [7, 11) is 1.68. The SMILES string of the molecule is CSC1=C(C(=O)c2ccc3c(c2C)c(=O)n(C2CCCC2)c(=O)n3C)C(O)CCC1. The van der Waals surface area contributed by atoms with Crippen LogP contribution in [0, 0.1) is 6.92 Å². The summed E-state index contributed by atoms with van der Waals surface area (Å²) in [6.45, 7) is 1.77. The topological polar surface area (TPSA) is 81.3 Å². The molecule has 1 heterocycles. The van der Waals surface area contributed by atoms with E-state index in [2.05, 4.69) is 0 Å². The van der Waals surface area contributed by atoms with Gasteiger partial charge in [0.05, 0.1) is 17.0 Å². The maximum absolute atomic E-state index is 13.4. The summed E-state index contributed by atoms with van der Waals surface area (Å²) in [6.07, 6.45) is 7.04. The number of rotatable bonds is 4. The van der Waals surface area contributed by atoms with Gasteiger partial charge in [0, 0.05) is 24.2 Å². The molecule has 1 saturated carbocycles. The number of aliphatic hydroxyl groups is 1. The van der Waals surface area contributed by atoms with Crippen LogP contribution in [-0.4, -0.2) is 32.4 Å². The lowest BCUT2D eigenvalue weighted by Gasteiger charge is -2.24. The summed E-state index contributed by atoms with van der Waals surface area (Å²) >= 11 is 1.50. The first-order valence-corrected chi connectivity index (χ1v) is 11.8. The van der Waals surface area contributed by atoms with E-state index in [1.807, 2.05) is 6.26 Å². The van der Waals surface area contributed by atoms with Gasteiger partial charge in [-0.1, -0.05) is 12.8 Å². The van der Waals surface area contributed by atoms with Gasteiger partial charge in [-0.2, -0.15) is 0 Å². The second kappa shape index (κ2) is 8.19. The molecule has 1 N–H and O–H groups in total. The van der Waals surface area contributed by atoms with Crippen molar-refractivity contribution >= 4 is 28.4 Å². The predicted octanol–water partition coefficient (Wildman–Crippen LogP) is 3.47. The zero-order valence-electron chi connectivity index (χ0n) is 17.7. The van der Waals surface area contributed by atoms with Crippen LogP contribution in [-0.2, 0) is 7.05 Å². The Morgan fingerprint density at radius 2 is 1.83 bits per heavy atom. The van der Waals surface area contributed by atoms with Crippen molar-refractivity contribution in [1.29, 1.82) is 0 Å². The first kappa shape index (κ1) is 21.1. The van der Waals surface area contributed by atoms with E-state index in [9.17, 15) is 19.5 Å². The first-order chi connectivity index (χ1) is 14.4. The average Bonchev–Trinajstić information content (AvgIpc) is 3.25. The van der Waals surface area contributed by atoms with Gasteiger partial charge in [-0.3, -0.25) is 18.7 Å². The third kappa shape index (κ3) is 3.28. The maximum atomic E-state index is 13.4. The van der Waals surface area contributed by atoms with Gasteiger partial charge in [0.25, 0.3) is 5.56 Å². The molecule has 0 amide bonds. The van der Waals surface area contributed by atoms with Gasteiger partial charge in [-0.05, 0) is 67.9 Å². The number of Topliss-reactive ketones (excluding diaryl/α,β-unsaturated/α-hetero) is 1. The van der Waals surface area contributed by atoms with Crippen LogP contribution < -0.4 is 11.2 Å². The minimum absolute atomic E-state index is 0.0784. The highest BCUT2D eigenvalue weighted by molar-refractivity contribution is 8.02. The van der Waals surface area contributed by atoms with Crippen LogP contribution >= 0.6 is 11.8 Å². The normalized spacial score (nSPS) is 20.3. The first-order valence-electron chi connectivity index (χ1n) is 10.6. The van der Waals surface area contributed by atoms with Gasteiger partial charge >= 0.3 is 5.69 Å². The Labute approximate surface area is 179 Å². The lowest BCUT2D eigenvalue weighted by atomic mass is 9.88. The van der Waals surface area contributed by atoms with E-state index in [0.717, 1.165) is 43.4 Å². The van der Waals surface area contributed by atoms with Gasteiger partial charge < -0.3 is 5.11 Å². The van der Waals surface area contributed by atoms with Gasteiger partial charge in [-0.15, -0.1) is 11.8 Å². The van der Waals surface area contributed by atoms with Crippen molar-refractivity contribution in [1.82, 2.24) is 9.13 Å². The van der Waals surface area contributed by atoms with E-state index in [4.69, 9.17) is 0 Å². The zero-order chi connectivity index (χ0) is 21.6. The Hall–Kier alpha value is -2.12. The molecule has 1 aromatic heterocycles. The van der Waals surface area contributed by atoms with Gasteiger partial charge in [0.2, 0.25) is 0 Å². The van der Waals surface area contributed by atoms with Crippen LogP contribution in [0.5, 0.6) is 0 Å². The molecular weight excluding hydrogens is 400 g/mol. The number of thioether (sulfide) groups is 1. The number of aromatic nitrogens is 2. The lowest BCUT2D eigenvalue weighted by molar-refractivity contribution is 0.0973. The summed E-state index contributed by atoms with van der Waals surface area (Å²) in [5.41, 5.74) is 1.39. The van der Waals surface area contributed by atoms with Crippen LogP contribution in [0.25, 0.3) is 10.9 Å². The molecule has 0 spiro atoms. The zero-order valence-corrected chi connectivity index (χ0v) is 18.6. The molecule has 1 fully saturated rings. The predicted molar refractivity (Wildman–Crippen MR) is 120 cm³/mol. The Morgan fingerprint density at radius 1 is 1.13 bits per heavy atom. The summed E-state index contributed by atoms with van der Waals surface area (Å²) in [5.74, 6) is -0.216. The number of carbonyl (C=O) groups excluding carboxylic acids is 1. The van der Waals surface area contributed by atoms with Gasteiger partial charge in [0.15, 0.2) is 5.78 Å². The number of aryl methyl sites for hydroxylation is 2. The standard InChI is InChI=1S/C23H28N2O4S/c1-13-15(21(27)20-17(26)9-6-10-18(20)30-3)11-12-16-19(13)22(28)25(23(29)24(16)2)14-7-4-5-8-14/h11-12,14,17,26H,4-10H2,1-3H3. The highest BCUT2D eigenvalue weighted by atomic mass is 32.2. The number of carbonyl (C=O) groups is 1. The summed E-state index contributed by atoms with van der Waals surface area (Å²) in [4.78, 5) is 40.7. The molecular formula is C23H28N2O4S. The van der Waals surface area contributed by atoms with E-state index in [-0.39, 0.29) is 23.1 Å². The number of aliphatic hydroxyl groups excluding tert-OH is 1. The van der Waals surface area contributed by atoms with Crippen molar-refractivity contribution in [3.63, 3.8) is 0 Å². The van der Waals surface area contributed by atoms with E-state index >= 15 is 0 Å². The van der Waals surface area contributed by atoms with Crippen molar-refractivity contribution < 1.29 is 9.90 Å². The summed E-state index contributed by atoms with van der Waals surface area (Å²) in [5, 5.41) is 10.9. The molecule has 0 aliphatic heterocycles. The smallest absolute Gasteiger partial charge is 0.331 e. The van der Waals surface area contributed by atoms with E-state index in [0.29, 0.717) is 34.0 Å². The third-order valence-corrected chi connectivity index (χ3v) is 7.59. The van der Waals surface area contributed by atoms with Crippen molar-refractivity contribution in [3.05, 3.63) is 54.6 Å². The molecule has 7 heteroatoms. The molecule has 2 aliphatic rings. The second-order valence-electron chi connectivity index (χ2n) is 8.37. The Morgan fingerprint density at radius 3 is 2.50 bits per heavy atom. The fourth-order valence-electron chi connectivity index (χ4n) is 5.01. The van der Waals surface area contributed by atoms with E-state index in [1.54, 1.807) is 26.1 Å². The fraction of sp³-hybridized carbons (Fsp3) is 0.522. The molecule has 2 aliphatic carbocycles. The van der Waals surface area contributed by atoms with Gasteiger partial charge in [-0.25, -0.2) is 4.79 Å². The number of ketones is 1. The second-order valence-corrected chi connectivity index (χ2v) is 9.27. The quantitative estimate of drug-likeness (QED) is 0.754. The molecule has 2 aromatic rings. The van der Waals surface area contributed by atoms with Crippen LogP contribution in [0.4, 0.5) is 0 Å². The van der Waals surface area contributed by atoms with E-state index in [1.165, 1.54) is 20.9 Å². The van der Waals surface area contributed by atoms with Crippen molar-refractivity contribution in [3.8, 4) is 0 Å². The highest BCUT2D eigenvalue weighted by Gasteiger charge is 2.30. The molecule has 0 radical (unpaired) electrons. The summed E-state index contributed by atoms with van der Waals surface area (Å²) in [6, 6.07) is 3.29. The Balaban J connectivity index is 1.95. The van der Waals surface area contributed by atoms with Crippen LogP contribution in [0.3, 0.4) is 0 Å². The molecule has 0 bridgehead atoms. The van der Waals surface area contributed by atoms with Crippen LogP contribution in [0.2, 0.25) is 0 Å². The average molecular weight is 429 g/mol. The number of fused-ring (bicyclic) bond motifs is 1. The molecule has 6 nitrogen and oxygen atoms in total. The number of nitrogens with zero attached hydrogens (tertiary/aromatic N) is 2. The molecule has 0 saturated heterocycles. The molecule has 30 heavy (non-hydrogen) atoms. The largest absolute Gasteiger partial charge is 0.388 e. The minimum Gasteiger partial charge on any atom is -0.388 e. The molecule has 4 rings (SSSR count). The maximum Gasteiger partial charge on any atom is 0.331 e. The minimum atomic E-state index is -0.779. The van der Waals surface area contributed by atoms with Crippen molar-refractivity contribution in [2.45, 2.75) is 64.0 Å². The van der Waals surface area contributed by atoms with Crippen LogP contribution in [0.15, 0.2) is 32.2 Å². The molecule has 1 unspecified atom stereocenters. The van der Waals surface area contributed by atoms with Crippen molar-refractivity contribution in [2.75, 3.05) is 6.26 Å². The molecule has 1 atom stereocenters. The summed E-state index contributed by atoms with van der Waals surface area (Å²) < 4.78 is 2.90. The highest BCUT2D eigenvalue weighted by Crippen LogP contribution is 2.35. The van der Waals surface area contributed by atoms with E-state index < -0.39 is 6.10 Å². The lowest BCUT2D eigenvalue weighted by Crippen LogP contribution is -2.41. The number of benzene rings is 1. The van der Waals surface area contributed by atoms with Crippen LogP contribution in [0.1, 0.15) is 66.9 Å². The number of allylic oxidation sites excluding steroid dienone is 1. The monoisotopic (exact) mass is 428 g/mol. The van der Waals surface area contributed by atoms with Crippen molar-refractivity contribution in [2.24, 2.45) is 7.05 Å². The van der Waals surface area contributed by atoms with Gasteiger partial charge in [0.1, 0.15) is 0 Å². The Kier molecular flexibility index (Phi) is 5.77. The third-order valence-electron chi connectivity index (χ3n) is 6.67. The molecule has 160 valence electrons. The Bertz CT molecular complexity index is 1170. The number of hydrogen-bond donors (Lipinski definition) is 1. The molecule has 1 aromatic carbocycles.